The number of hydrogen-bond acceptors (Lipinski definition) is 6. The number of imidazole rings is 1. The van der Waals surface area contributed by atoms with Gasteiger partial charge < -0.3 is 19.4 Å². The van der Waals surface area contributed by atoms with Crippen molar-refractivity contribution in [3.63, 3.8) is 0 Å². The van der Waals surface area contributed by atoms with Crippen LogP contribution >= 0.6 is 0 Å². The maximum absolute atomic E-state index is 13.6. The maximum Gasteiger partial charge on any atom is 0.278 e. The average molecular weight is 423 g/mol. The maximum atomic E-state index is 13.6. The number of hydrogen-bond donors (Lipinski definition) is 2. The summed E-state index contributed by atoms with van der Waals surface area (Å²) in [6.45, 7) is 6.02. The summed E-state index contributed by atoms with van der Waals surface area (Å²) in [6, 6.07) is 9.86. The van der Waals surface area contributed by atoms with Gasteiger partial charge in [0.2, 0.25) is 0 Å². The molecule has 1 aliphatic rings. The van der Waals surface area contributed by atoms with Crippen LogP contribution in [0.1, 0.15) is 6.92 Å². The molecular weight excluding hydrogens is 401 g/mol. The van der Waals surface area contributed by atoms with Gasteiger partial charge in [0.1, 0.15) is 18.2 Å². The Hall–Kier alpha value is -3.30. The first kappa shape index (κ1) is 19.7. The van der Waals surface area contributed by atoms with Crippen LogP contribution < -0.4 is 10.3 Å². The molecule has 0 amide bonds. The highest BCUT2D eigenvalue weighted by Gasteiger charge is 2.18. The highest BCUT2D eigenvalue weighted by molar-refractivity contribution is 5.81. The summed E-state index contributed by atoms with van der Waals surface area (Å²) in [5.41, 5.74) is 1.95. The highest BCUT2D eigenvalue weighted by Crippen LogP contribution is 2.23. The van der Waals surface area contributed by atoms with Crippen LogP contribution in [0.25, 0.3) is 33.6 Å². The summed E-state index contributed by atoms with van der Waals surface area (Å²) in [5, 5.41) is 0. The molecule has 8 nitrogen and oxygen atoms in total. The van der Waals surface area contributed by atoms with Crippen molar-refractivity contribution in [1.29, 1.82) is 0 Å². The Bertz CT molecular complexity index is 1300. The lowest BCUT2D eigenvalue weighted by Crippen LogP contribution is -2.44. The molecular formula is C22H22FN5O3. The molecule has 1 saturated heterocycles. The van der Waals surface area contributed by atoms with Gasteiger partial charge in [0.25, 0.3) is 5.56 Å². The molecule has 0 radical (unpaired) electrons. The number of morpholine rings is 1. The van der Waals surface area contributed by atoms with Gasteiger partial charge in [-0.25, -0.2) is 14.4 Å². The largest absolute Gasteiger partial charge is 0.492 e. The molecule has 1 fully saturated rings. The monoisotopic (exact) mass is 423 g/mol. The minimum atomic E-state index is -0.421. The average Bonchev–Trinajstić information content (AvgIpc) is 3.21. The summed E-state index contributed by atoms with van der Waals surface area (Å²) in [4.78, 5) is 29.5. The van der Waals surface area contributed by atoms with Crippen LogP contribution in [0.4, 0.5) is 4.39 Å². The zero-order chi connectivity index (χ0) is 21.4. The van der Waals surface area contributed by atoms with Gasteiger partial charge in [0.15, 0.2) is 11.5 Å². The Balaban J connectivity index is 1.39. The lowest BCUT2D eigenvalue weighted by atomic mass is 10.2. The van der Waals surface area contributed by atoms with Crippen LogP contribution in [-0.2, 0) is 4.74 Å². The molecule has 2 N–H and O–H groups in total. The molecule has 160 valence electrons. The van der Waals surface area contributed by atoms with Crippen LogP contribution in [0.3, 0.4) is 0 Å². The second-order valence-corrected chi connectivity index (χ2v) is 7.65. The number of H-pyrrole nitrogens is 2. The molecule has 3 heterocycles. The molecule has 2 aromatic carbocycles. The second kappa shape index (κ2) is 8.09. The van der Waals surface area contributed by atoms with Crippen molar-refractivity contribution in [2.24, 2.45) is 0 Å². The Morgan fingerprint density at radius 2 is 1.94 bits per heavy atom. The number of aromatic nitrogens is 4. The van der Waals surface area contributed by atoms with Crippen molar-refractivity contribution in [2.75, 3.05) is 32.9 Å². The fourth-order valence-corrected chi connectivity index (χ4v) is 3.75. The molecule has 0 aliphatic carbocycles. The molecule has 0 bridgehead atoms. The van der Waals surface area contributed by atoms with Crippen molar-refractivity contribution in [3.05, 3.63) is 52.6 Å². The van der Waals surface area contributed by atoms with E-state index >= 15 is 0 Å². The van der Waals surface area contributed by atoms with Crippen LogP contribution in [-0.4, -0.2) is 63.8 Å². The molecule has 0 saturated carbocycles. The predicted molar refractivity (Wildman–Crippen MR) is 115 cm³/mol. The molecule has 1 unspecified atom stereocenters. The van der Waals surface area contributed by atoms with E-state index in [-0.39, 0.29) is 11.7 Å². The predicted octanol–water partition coefficient (Wildman–Crippen LogP) is 2.71. The van der Waals surface area contributed by atoms with Gasteiger partial charge in [-0.15, -0.1) is 0 Å². The quantitative estimate of drug-likeness (QED) is 0.512. The van der Waals surface area contributed by atoms with Crippen molar-refractivity contribution in [3.8, 4) is 17.3 Å². The van der Waals surface area contributed by atoms with Gasteiger partial charge in [0, 0.05) is 31.3 Å². The minimum absolute atomic E-state index is 0.109. The van der Waals surface area contributed by atoms with Crippen LogP contribution in [0.5, 0.6) is 5.75 Å². The van der Waals surface area contributed by atoms with E-state index in [4.69, 9.17) is 9.47 Å². The first-order valence-electron chi connectivity index (χ1n) is 10.2. The Labute approximate surface area is 177 Å². The van der Waals surface area contributed by atoms with Gasteiger partial charge in [-0.3, -0.25) is 9.69 Å². The van der Waals surface area contributed by atoms with Crippen LogP contribution in [0.2, 0.25) is 0 Å². The van der Waals surface area contributed by atoms with E-state index < -0.39 is 11.4 Å². The number of fused-ring (bicyclic) bond motifs is 2. The van der Waals surface area contributed by atoms with E-state index in [1.165, 1.54) is 18.2 Å². The SMILES string of the molecule is CC(COc1ccc2nc(-c3nc4cc(F)ccc4[nH]c3=O)[nH]c2c1)N1CCOCC1. The van der Waals surface area contributed by atoms with Crippen molar-refractivity contribution >= 4 is 22.1 Å². The second-order valence-electron chi connectivity index (χ2n) is 7.65. The normalized spacial score (nSPS) is 16.1. The van der Waals surface area contributed by atoms with Crippen molar-refractivity contribution in [1.82, 2.24) is 24.8 Å². The lowest BCUT2D eigenvalue weighted by Gasteiger charge is -2.32. The Kier molecular flexibility index (Phi) is 5.13. The molecule has 0 spiro atoms. The number of nitrogens with one attached hydrogen (secondary N) is 2. The molecule has 1 atom stereocenters. The molecule has 2 aromatic heterocycles. The summed E-state index contributed by atoms with van der Waals surface area (Å²) < 4.78 is 24.9. The van der Waals surface area contributed by atoms with Crippen molar-refractivity contribution < 1.29 is 13.9 Å². The number of ether oxygens (including phenoxy) is 2. The number of nitrogens with zero attached hydrogens (tertiary/aromatic N) is 3. The highest BCUT2D eigenvalue weighted by atomic mass is 19.1. The van der Waals surface area contributed by atoms with Crippen LogP contribution in [0.15, 0.2) is 41.2 Å². The first-order chi connectivity index (χ1) is 15.1. The Morgan fingerprint density at radius 1 is 1.10 bits per heavy atom. The van der Waals surface area contributed by atoms with E-state index in [0.717, 1.165) is 31.8 Å². The smallest absolute Gasteiger partial charge is 0.278 e. The topological polar surface area (TPSA) is 96.1 Å². The molecule has 5 rings (SSSR count). The Morgan fingerprint density at radius 3 is 2.77 bits per heavy atom. The lowest BCUT2D eigenvalue weighted by molar-refractivity contribution is 0.0105. The van der Waals surface area contributed by atoms with Crippen LogP contribution in [0, 0.1) is 5.82 Å². The third-order valence-electron chi connectivity index (χ3n) is 5.49. The minimum Gasteiger partial charge on any atom is -0.492 e. The first-order valence-corrected chi connectivity index (χ1v) is 10.2. The van der Waals surface area contributed by atoms with Gasteiger partial charge in [-0.05, 0) is 31.2 Å². The molecule has 9 heteroatoms. The number of aromatic amines is 2. The van der Waals surface area contributed by atoms with Gasteiger partial charge in [-0.2, -0.15) is 0 Å². The molecule has 31 heavy (non-hydrogen) atoms. The fraction of sp³-hybridized carbons (Fsp3) is 0.318. The number of benzene rings is 2. The molecule has 1 aliphatic heterocycles. The van der Waals surface area contributed by atoms with Gasteiger partial charge in [-0.1, -0.05) is 0 Å². The van der Waals surface area contributed by atoms with E-state index in [1.807, 2.05) is 18.2 Å². The number of halogens is 1. The van der Waals surface area contributed by atoms with E-state index in [1.54, 1.807) is 0 Å². The van der Waals surface area contributed by atoms with E-state index in [2.05, 4.69) is 31.8 Å². The van der Waals surface area contributed by atoms with Crippen molar-refractivity contribution in [2.45, 2.75) is 13.0 Å². The van der Waals surface area contributed by atoms with E-state index in [0.29, 0.717) is 34.7 Å². The third kappa shape index (κ3) is 4.01. The fourth-order valence-electron chi connectivity index (χ4n) is 3.75. The zero-order valence-corrected chi connectivity index (χ0v) is 17.0. The summed E-state index contributed by atoms with van der Waals surface area (Å²) in [7, 11) is 0. The summed E-state index contributed by atoms with van der Waals surface area (Å²) in [6.07, 6.45) is 0. The molecule has 4 aromatic rings. The summed E-state index contributed by atoms with van der Waals surface area (Å²) >= 11 is 0. The van der Waals surface area contributed by atoms with Gasteiger partial charge >= 0.3 is 0 Å². The van der Waals surface area contributed by atoms with Gasteiger partial charge in [0.05, 0.1) is 35.3 Å². The zero-order valence-electron chi connectivity index (χ0n) is 17.0. The summed E-state index contributed by atoms with van der Waals surface area (Å²) in [5.74, 6) is 0.613. The standard InChI is InChI=1S/C22H22FN5O3/c1-13(28-6-8-30-9-7-28)12-31-15-3-5-16-19(11-15)26-21(25-16)20-22(29)27-17-4-2-14(23)10-18(17)24-20/h2-5,10-11,13H,6-9,12H2,1H3,(H,25,26)(H,27,29). The van der Waals surface area contributed by atoms with E-state index in [9.17, 15) is 9.18 Å². The number of rotatable bonds is 5. The third-order valence-corrected chi connectivity index (χ3v) is 5.49.